The molecule has 22 heavy (non-hydrogen) atoms. The van der Waals surface area contributed by atoms with Gasteiger partial charge in [0.15, 0.2) is 5.76 Å². The smallest absolute Gasteiger partial charge is 0.263 e. The lowest BCUT2D eigenvalue weighted by molar-refractivity contribution is -0.121. The summed E-state index contributed by atoms with van der Waals surface area (Å²) in [7, 11) is 0. The normalized spacial score (nSPS) is 12.6. The summed E-state index contributed by atoms with van der Waals surface area (Å²) >= 11 is 0. The maximum Gasteiger partial charge on any atom is 0.263 e. The van der Waals surface area contributed by atoms with Crippen molar-refractivity contribution in [2.24, 2.45) is 5.92 Å². The third-order valence-corrected chi connectivity index (χ3v) is 3.29. The maximum atomic E-state index is 12.1. The molecule has 1 unspecified atom stereocenters. The number of hydrogen-bond donors (Lipinski definition) is 2. The Balaban J connectivity index is 1.99. The van der Waals surface area contributed by atoms with Crippen LogP contribution in [0.4, 0.5) is 0 Å². The Hall–Kier alpha value is -2.08. The molecule has 2 heterocycles. The van der Waals surface area contributed by atoms with Crippen LogP contribution in [0.5, 0.6) is 0 Å². The SMILES string of the molecule is Cc1oc(-c2ccco2)nc1CC(=O)NC(CO)CC(C)C. The predicted octanol–water partition coefficient (Wildman–Crippen LogP) is 2.31. The Morgan fingerprint density at radius 3 is 2.82 bits per heavy atom. The van der Waals surface area contributed by atoms with Crippen molar-refractivity contribution < 1.29 is 18.7 Å². The Kier molecular flexibility index (Phi) is 5.38. The Bertz CT molecular complexity index is 602. The second-order valence-corrected chi connectivity index (χ2v) is 5.75. The Morgan fingerprint density at radius 1 is 1.45 bits per heavy atom. The second-order valence-electron chi connectivity index (χ2n) is 5.75. The number of aryl methyl sites for hydroxylation is 1. The van der Waals surface area contributed by atoms with Crippen LogP contribution in [0, 0.1) is 12.8 Å². The average Bonchev–Trinajstić information content (AvgIpc) is 3.08. The van der Waals surface area contributed by atoms with E-state index in [1.165, 1.54) is 0 Å². The molecule has 2 N–H and O–H groups in total. The van der Waals surface area contributed by atoms with Crippen LogP contribution in [0.1, 0.15) is 31.7 Å². The van der Waals surface area contributed by atoms with E-state index in [1.807, 2.05) is 13.8 Å². The number of aromatic nitrogens is 1. The summed E-state index contributed by atoms with van der Waals surface area (Å²) in [6.07, 6.45) is 2.39. The highest BCUT2D eigenvalue weighted by molar-refractivity contribution is 5.78. The Morgan fingerprint density at radius 2 is 2.23 bits per heavy atom. The zero-order chi connectivity index (χ0) is 16.1. The van der Waals surface area contributed by atoms with Crippen LogP contribution < -0.4 is 5.32 Å². The second kappa shape index (κ2) is 7.26. The fourth-order valence-electron chi connectivity index (χ4n) is 2.28. The summed E-state index contributed by atoms with van der Waals surface area (Å²) < 4.78 is 10.8. The monoisotopic (exact) mass is 306 g/mol. The first-order valence-corrected chi connectivity index (χ1v) is 7.40. The molecule has 1 atom stereocenters. The molecule has 0 aliphatic heterocycles. The van der Waals surface area contributed by atoms with E-state index in [2.05, 4.69) is 10.3 Å². The molecule has 6 nitrogen and oxygen atoms in total. The van der Waals surface area contributed by atoms with Gasteiger partial charge in [0.05, 0.1) is 31.0 Å². The highest BCUT2D eigenvalue weighted by atomic mass is 16.4. The standard InChI is InChI=1S/C16H22N2O4/c1-10(2)7-12(9-19)17-15(20)8-13-11(3)22-16(18-13)14-5-4-6-21-14/h4-6,10,12,19H,7-9H2,1-3H3,(H,17,20). The van der Waals surface area contributed by atoms with E-state index in [9.17, 15) is 9.90 Å². The molecule has 0 radical (unpaired) electrons. The molecule has 0 spiro atoms. The molecule has 0 aliphatic rings. The van der Waals surface area contributed by atoms with Crippen molar-refractivity contribution >= 4 is 5.91 Å². The van der Waals surface area contributed by atoms with Gasteiger partial charge in [-0.2, -0.15) is 0 Å². The van der Waals surface area contributed by atoms with Crippen LogP contribution in [0.2, 0.25) is 0 Å². The number of rotatable bonds is 7. The predicted molar refractivity (Wildman–Crippen MR) is 81.1 cm³/mol. The highest BCUT2D eigenvalue weighted by Gasteiger charge is 2.18. The molecule has 0 aromatic carbocycles. The van der Waals surface area contributed by atoms with Gasteiger partial charge >= 0.3 is 0 Å². The van der Waals surface area contributed by atoms with Gasteiger partial charge in [-0.3, -0.25) is 4.79 Å². The van der Waals surface area contributed by atoms with Crippen molar-refractivity contribution in [3.05, 3.63) is 29.9 Å². The number of nitrogens with zero attached hydrogens (tertiary/aromatic N) is 1. The minimum Gasteiger partial charge on any atom is -0.459 e. The van der Waals surface area contributed by atoms with Crippen LogP contribution in [0.15, 0.2) is 27.2 Å². The highest BCUT2D eigenvalue weighted by Crippen LogP contribution is 2.22. The van der Waals surface area contributed by atoms with Crippen LogP contribution in [-0.4, -0.2) is 28.6 Å². The van der Waals surface area contributed by atoms with Crippen LogP contribution in [0.3, 0.4) is 0 Å². The van der Waals surface area contributed by atoms with Crippen molar-refractivity contribution in [3.63, 3.8) is 0 Å². The summed E-state index contributed by atoms with van der Waals surface area (Å²) in [4.78, 5) is 16.4. The van der Waals surface area contributed by atoms with E-state index in [-0.39, 0.29) is 25.0 Å². The van der Waals surface area contributed by atoms with Gasteiger partial charge in [-0.25, -0.2) is 4.98 Å². The molecule has 0 fully saturated rings. The molecule has 2 rings (SSSR count). The summed E-state index contributed by atoms with van der Waals surface area (Å²) in [5, 5.41) is 12.1. The minimum absolute atomic E-state index is 0.0701. The lowest BCUT2D eigenvalue weighted by Gasteiger charge is -2.17. The lowest BCUT2D eigenvalue weighted by Crippen LogP contribution is -2.39. The third-order valence-electron chi connectivity index (χ3n) is 3.29. The number of oxazole rings is 1. The summed E-state index contributed by atoms with van der Waals surface area (Å²) in [6.45, 7) is 5.79. The fraction of sp³-hybridized carbons (Fsp3) is 0.500. The quantitative estimate of drug-likeness (QED) is 0.819. The molecule has 2 aromatic heterocycles. The van der Waals surface area contributed by atoms with Crippen LogP contribution >= 0.6 is 0 Å². The minimum atomic E-state index is -0.232. The first-order chi connectivity index (χ1) is 10.5. The van der Waals surface area contributed by atoms with E-state index >= 15 is 0 Å². The molecule has 0 bridgehead atoms. The van der Waals surface area contributed by atoms with Crippen molar-refractivity contribution in [1.82, 2.24) is 10.3 Å². The molecule has 0 saturated heterocycles. The number of furan rings is 1. The molecular weight excluding hydrogens is 284 g/mol. The van der Waals surface area contributed by atoms with Crippen LogP contribution in [0.25, 0.3) is 11.7 Å². The number of hydrogen-bond acceptors (Lipinski definition) is 5. The maximum absolute atomic E-state index is 12.1. The van der Waals surface area contributed by atoms with Crippen LogP contribution in [-0.2, 0) is 11.2 Å². The first kappa shape index (κ1) is 16.3. The van der Waals surface area contributed by atoms with Gasteiger partial charge in [-0.15, -0.1) is 0 Å². The molecule has 0 aliphatic carbocycles. The van der Waals surface area contributed by atoms with Gasteiger partial charge in [0, 0.05) is 0 Å². The van der Waals surface area contributed by atoms with Crippen molar-refractivity contribution in [1.29, 1.82) is 0 Å². The van der Waals surface area contributed by atoms with E-state index < -0.39 is 0 Å². The van der Waals surface area contributed by atoms with Gasteiger partial charge in [0.25, 0.3) is 5.89 Å². The number of aliphatic hydroxyl groups excluding tert-OH is 1. The molecule has 120 valence electrons. The summed E-state index contributed by atoms with van der Waals surface area (Å²) in [6, 6.07) is 3.27. The zero-order valence-electron chi connectivity index (χ0n) is 13.1. The van der Waals surface area contributed by atoms with E-state index in [1.54, 1.807) is 25.3 Å². The van der Waals surface area contributed by atoms with Gasteiger partial charge < -0.3 is 19.3 Å². The van der Waals surface area contributed by atoms with E-state index in [0.717, 1.165) is 6.42 Å². The fourth-order valence-corrected chi connectivity index (χ4v) is 2.28. The van der Waals surface area contributed by atoms with Crippen molar-refractivity contribution in [3.8, 4) is 11.7 Å². The number of amides is 1. The molecule has 0 saturated carbocycles. The molecule has 6 heteroatoms. The van der Waals surface area contributed by atoms with Gasteiger partial charge in [0.1, 0.15) is 5.76 Å². The van der Waals surface area contributed by atoms with Crippen molar-refractivity contribution in [2.45, 2.75) is 39.7 Å². The number of nitrogens with one attached hydrogen (secondary N) is 1. The van der Waals surface area contributed by atoms with Crippen molar-refractivity contribution in [2.75, 3.05) is 6.61 Å². The third kappa shape index (κ3) is 4.21. The summed E-state index contributed by atoms with van der Waals surface area (Å²) in [5.41, 5.74) is 0.574. The number of carbonyl (C=O) groups excluding carboxylic acids is 1. The topological polar surface area (TPSA) is 88.5 Å². The van der Waals surface area contributed by atoms with Gasteiger partial charge in [-0.05, 0) is 31.4 Å². The largest absolute Gasteiger partial charge is 0.459 e. The first-order valence-electron chi connectivity index (χ1n) is 7.40. The molecule has 2 aromatic rings. The molecule has 1 amide bonds. The lowest BCUT2D eigenvalue weighted by atomic mass is 10.0. The van der Waals surface area contributed by atoms with E-state index in [0.29, 0.717) is 29.0 Å². The van der Waals surface area contributed by atoms with Gasteiger partial charge in [0.2, 0.25) is 5.91 Å². The molecular formula is C16H22N2O4. The van der Waals surface area contributed by atoms with E-state index in [4.69, 9.17) is 8.83 Å². The zero-order valence-corrected chi connectivity index (χ0v) is 13.1. The van der Waals surface area contributed by atoms with Gasteiger partial charge in [-0.1, -0.05) is 13.8 Å². The Labute approximate surface area is 129 Å². The number of carbonyl (C=O) groups is 1. The summed E-state index contributed by atoms with van der Waals surface area (Å²) in [5.74, 6) is 1.71. The number of aliphatic hydroxyl groups is 1. The average molecular weight is 306 g/mol.